The molecule has 0 aromatic rings. The summed E-state index contributed by atoms with van der Waals surface area (Å²) in [5, 5.41) is 0. The van der Waals surface area contributed by atoms with Gasteiger partial charge < -0.3 is 0 Å². The molecule has 1 saturated carbocycles. The van der Waals surface area contributed by atoms with Crippen LogP contribution in [0.15, 0.2) is 0 Å². The molecule has 0 radical (unpaired) electrons. The van der Waals surface area contributed by atoms with Gasteiger partial charge in [-0.05, 0) is 24.7 Å². The molecular formula is C10H18O. The summed E-state index contributed by atoms with van der Waals surface area (Å²) in [6.07, 6.45) is 3.06. The third-order valence-corrected chi connectivity index (χ3v) is 2.76. The fourth-order valence-electron chi connectivity index (χ4n) is 1.90. The van der Waals surface area contributed by atoms with E-state index in [1.165, 1.54) is 0 Å². The Morgan fingerprint density at radius 1 is 1.45 bits per heavy atom. The monoisotopic (exact) mass is 154 g/mol. The van der Waals surface area contributed by atoms with Crippen LogP contribution in [-0.4, -0.2) is 5.78 Å². The summed E-state index contributed by atoms with van der Waals surface area (Å²) in [7, 11) is 0. The minimum atomic E-state index is 0.360. The fourth-order valence-corrected chi connectivity index (χ4v) is 1.90. The lowest BCUT2D eigenvalue weighted by molar-refractivity contribution is -0.126. The molecule has 0 bridgehead atoms. The van der Waals surface area contributed by atoms with Gasteiger partial charge in [0.25, 0.3) is 0 Å². The highest BCUT2D eigenvalue weighted by molar-refractivity contribution is 5.81. The summed E-state index contributed by atoms with van der Waals surface area (Å²) in [6, 6.07) is 0. The molecule has 1 nitrogen and oxygen atoms in total. The summed E-state index contributed by atoms with van der Waals surface area (Å²) in [6.45, 7) is 6.56. The molecule has 0 saturated heterocycles. The molecule has 0 aliphatic heterocycles. The van der Waals surface area contributed by atoms with Crippen LogP contribution in [0.2, 0.25) is 0 Å². The Bertz CT molecular complexity index is 149. The second-order valence-electron chi connectivity index (χ2n) is 4.20. The van der Waals surface area contributed by atoms with E-state index in [-0.39, 0.29) is 0 Å². The van der Waals surface area contributed by atoms with E-state index in [0.717, 1.165) is 25.2 Å². The van der Waals surface area contributed by atoms with Gasteiger partial charge in [0.05, 0.1) is 0 Å². The molecule has 1 aliphatic carbocycles. The maximum Gasteiger partial charge on any atom is 0.136 e. The first kappa shape index (κ1) is 8.76. The predicted molar refractivity (Wildman–Crippen MR) is 46.4 cm³/mol. The van der Waals surface area contributed by atoms with E-state index < -0.39 is 0 Å². The van der Waals surface area contributed by atoms with Gasteiger partial charge in [0.2, 0.25) is 0 Å². The number of hydrogen-bond donors (Lipinski definition) is 0. The smallest absolute Gasteiger partial charge is 0.136 e. The molecule has 1 fully saturated rings. The van der Waals surface area contributed by atoms with Crippen LogP contribution >= 0.6 is 0 Å². The van der Waals surface area contributed by atoms with Crippen LogP contribution in [0.5, 0.6) is 0 Å². The molecule has 64 valence electrons. The zero-order valence-electron chi connectivity index (χ0n) is 7.76. The van der Waals surface area contributed by atoms with Gasteiger partial charge in [0.1, 0.15) is 5.78 Å². The Labute approximate surface area is 69.2 Å². The predicted octanol–water partition coefficient (Wildman–Crippen LogP) is 2.65. The zero-order valence-corrected chi connectivity index (χ0v) is 7.76. The van der Waals surface area contributed by atoms with Crippen molar-refractivity contribution in [1.82, 2.24) is 0 Å². The average molecular weight is 154 g/mol. The van der Waals surface area contributed by atoms with Crippen LogP contribution in [0.25, 0.3) is 0 Å². The molecule has 2 atom stereocenters. The molecule has 1 rings (SSSR count). The van der Waals surface area contributed by atoms with Crippen molar-refractivity contribution in [2.24, 2.45) is 17.8 Å². The Morgan fingerprint density at radius 2 is 2.09 bits per heavy atom. The van der Waals surface area contributed by atoms with Gasteiger partial charge in [-0.2, -0.15) is 0 Å². The van der Waals surface area contributed by atoms with Crippen molar-refractivity contribution in [1.29, 1.82) is 0 Å². The van der Waals surface area contributed by atoms with Crippen LogP contribution in [0.1, 0.15) is 40.0 Å². The standard InChI is InChI=1S/C10H18O/c1-7(2)9-6-8(3)4-5-10(9)11/h7-9H,4-6H2,1-3H3/t8-,9+/m1/s1. The maximum atomic E-state index is 11.4. The first-order valence-electron chi connectivity index (χ1n) is 4.64. The normalized spacial score (nSPS) is 32.9. The van der Waals surface area contributed by atoms with Crippen molar-refractivity contribution in [3.63, 3.8) is 0 Å². The molecule has 1 heteroatoms. The van der Waals surface area contributed by atoms with Gasteiger partial charge >= 0.3 is 0 Å². The van der Waals surface area contributed by atoms with Crippen molar-refractivity contribution in [2.45, 2.75) is 40.0 Å². The number of carbonyl (C=O) groups is 1. The second-order valence-corrected chi connectivity index (χ2v) is 4.20. The molecule has 0 amide bonds. The summed E-state index contributed by atoms with van der Waals surface area (Å²) in [4.78, 5) is 11.4. The van der Waals surface area contributed by atoms with Gasteiger partial charge in [-0.3, -0.25) is 4.79 Å². The third-order valence-electron chi connectivity index (χ3n) is 2.76. The lowest BCUT2D eigenvalue weighted by atomic mass is 9.76. The quantitative estimate of drug-likeness (QED) is 0.567. The van der Waals surface area contributed by atoms with Crippen molar-refractivity contribution in [2.75, 3.05) is 0 Å². The van der Waals surface area contributed by atoms with Crippen molar-refractivity contribution in [3.8, 4) is 0 Å². The van der Waals surface area contributed by atoms with Crippen molar-refractivity contribution < 1.29 is 4.79 Å². The number of carbonyl (C=O) groups excluding carboxylic acids is 1. The van der Waals surface area contributed by atoms with Gasteiger partial charge in [-0.1, -0.05) is 20.8 Å². The van der Waals surface area contributed by atoms with E-state index in [4.69, 9.17) is 0 Å². The van der Waals surface area contributed by atoms with Gasteiger partial charge in [0.15, 0.2) is 0 Å². The number of ketones is 1. The van der Waals surface area contributed by atoms with Crippen LogP contribution in [0.3, 0.4) is 0 Å². The number of rotatable bonds is 1. The highest BCUT2D eigenvalue weighted by atomic mass is 16.1. The molecule has 11 heavy (non-hydrogen) atoms. The summed E-state index contributed by atoms with van der Waals surface area (Å²) in [5.41, 5.74) is 0. The first-order valence-corrected chi connectivity index (χ1v) is 4.64. The largest absolute Gasteiger partial charge is 0.299 e. The van der Waals surface area contributed by atoms with Gasteiger partial charge in [-0.25, -0.2) is 0 Å². The van der Waals surface area contributed by atoms with E-state index in [1.54, 1.807) is 0 Å². The van der Waals surface area contributed by atoms with Gasteiger partial charge in [0, 0.05) is 12.3 Å². The zero-order chi connectivity index (χ0) is 8.43. The Balaban J connectivity index is 2.54. The molecular weight excluding hydrogens is 136 g/mol. The molecule has 0 unspecified atom stereocenters. The lowest BCUT2D eigenvalue weighted by Crippen LogP contribution is -2.27. The van der Waals surface area contributed by atoms with E-state index in [9.17, 15) is 4.79 Å². The fraction of sp³-hybridized carbons (Fsp3) is 0.900. The maximum absolute atomic E-state index is 11.4. The number of hydrogen-bond acceptors (Lipinski definition) is 1. The van der Waals surface area contributed by atoms with Crippen LogP contribution in [-0.2, 0) is 4.79 Å². The van der Waals surface area contributed by atoms with Crippen molar-refractivity contribution >= 4 is 5.78 Å². The molecule has 0 heterocycles. The Kier molecular flexibility index (Phi) is 2.69. The average Bonchev–Trinajstić information content (AvgIpc) is 1.94. The topological polar surface area (TPSA) is 17.1 Å². The van der Waals surface area contributed by atoms with E-state index >= 15 is 0 Å². The molecule has 0 aromatic heterocycles. The summed E-state index contributed by atoms with van der Waals surface area (Å²) >= 11 is 0. The van der Waals surface area contributed by atoms with E-state index in [0.29, 0.717) is 17.6 Å². The highest BCUT2D eigenvalue weighted by Crippen LogP contribution is 2.30. The molecule has 0 N–H and O–H groups in total. The van der Waals surface area contributed by atoms with Gasteiger partial charge in [-0.15, -0.1) is 0 Å². The minimum Gasteiger partial charge on any atom is -0.299 e. The van der Waals surface area contributed by atoms with Crippen LogP contribution in [0, 0.1) is 17.8 Å². The molecule has 1 aliphatic rings. The van der Waals surface area contributed by atoms with Crippen LogP contribution in [0.4, 0.5) is 0 Å². The van der Waals surface area contributed by atoms with E-state index in [1.807, 2.05) is 0 Å². The van der Waals surface area contributed by atoms with Crippen LogP contribution < -0.4 is 0 Å². The Hall–Kier alpha value is -0.330. The van der Waals surface area contributed by atoms with E-state index in [2.05, 4.69) is 20.8 Å². The first-order chi connectivity index (χ1) is 5.11. The third kappa shape index (κ3) is 2.05. The minimum absolute atomic E-state index is 0.360. The number of Topliss-reactive ketones (excluding diaryl/α,β-unsaturated/α-hetero) is 1. The van der Waals surface area contributed by atoms with Crippen molar-refractivity contribution in [3.05, 3.63) is 0 Å². The highest BCUT2D eigenvalue weighted by Gasteiger charge is 2.28. The lowest BCUT2D eigenvalue weighted by Gasteiger charge is -2.28. The SMILES string of the molecule is CC(C)[C@@H]1C[C@H](C)CCC1=O. The summed E-state index contributed by atoms with van der Waals surface area (Å²) in [5.74, 6) is 2.17. The Morgan fingerprint density at radius 3 is 2.55 bits per heavy atom. The molecule has 0 aromatic carbocycles. The molecule has 0 spiro atoms. The summed E-state index contributed by atoms with van der Waals surface area (Å²) < 4.78 is 0. The second kappa shape index (κ2) is 3.38.